The predicted octanol–water partition coefficient (Wildman–Crippen LogP) is 4.94. The van der Waals surface area contributed by atoms with E-state index in [1.165, 1.54) is 0 Å². The molecule has 0 aromatic heterocycles. The van der Waals surface area contributed by atoms with Crippen molar-refractivity contribution in [3.8, 4) is 23.5 Å². The molecule has 2 nitrogen and oxygen atoms in total. The fraction of sp³-hybridized carbons (Fsp3) is 0.211. The largest absolute Gasteiger partial charge is 0.456 e. The Kier molecular flexibility index (Phi) is 4.59. The molecule has 0 bridgehead atoms. The summed E-state index contributed by atoms with van der Waals surface area (Å²) < 4.78 is 5.34. The first-order chi connectivity index (χ1) is 10.3. The molecule has 2 rings (SSSR count). The minimum atomic E-state index is -0.506. The predicted molar refractivity (Wildman–Crippen MR) is 90.0 cm³/mol. The van der Waals surface area contributed by atoms with Crippen LogP contribution in [-0.4, -0.2) is 11.6 Å². The lowest BCUT2D eigenvalue weighted by molar-refractivity contribution is 0.00696. The molecule has 0 heterocycles. The minimum Gasteiger partial charge on any atom is -0.456 e. The van der Waals surface area contributed by atoms with Crippen molar-refractivity contribution in [2.24, 2.45) is 0 Å². The first kappa shape index (κ1) is 16.1. The van der Waals surface area contributed by atoms with Crippen LogP contribution in [0, 0.1) is 12.3 Å². The summed E-state index contributed by atoms with van der Waals surface area (Å²) in [6, 6.07) is 12.7. The summed E-state index contributed by atoms with van der Waals surface area (Å²) >= 11 is 6.12. The van der Waals surface area contributed by atoms with Crippen molar-refractivity contribution in [3.63, 3.8) is 0 Å². The summed E-state index contributed by atoms with van der Waals surface area (Å²) in [6.45, 7) is 5.52. The molecular formula is C19H17ClO2. The quantitative estimate of drug-likeness (QED) is 0.579. The summed E-state index contributed by atoms with van der Waals surface area (Å²) in [6.07, 6.45) is 5.36. The van der Waals surface area contributed by atoms with Crippen LogP contribution in [0.4, 0.5) is 0 Å². The SMILES string of the molecule is C#Cc1ccc(-c2ccc(C(=O)OC(C)(C)C)cc2)cc1Cl. The molecule has 0 amide bonds. The maximum atomic E-state index is 12.0. The van der Waals surface area contributed by atoms with Gasteiger partial charge in [-0.05, 0) is 56.2 Å². The number of hydrogen-bond acceptors (Lipinski definition) is 2. The molecule has 0 N–H and O–H groups in total. The molecule has 0 unspecified atom stereocenters. The molecule has 0 aliphatic rings. The first-order valence-electron chi connectivity index (χ1n) is 6.90. The van der Waals surface area contributed by atoms with Gasteiger partial charge in [-0.2, -0.15) is 0 Å². The lowest BCUT2D eigenvalue weighted by Crippen LogP contribution is -2.23. The zero-order valence-electron chi connectivity index (χ0n) is 12.8. The van der Waals surface area contributed by atoms with Crippen molar-refractivity contribution in [1.82, 2.24) is 0 Å². The number of esters is 1. The highest BCUT2D eigenvalue weighted by molar-refractivity contribution is 6.32. The van der Waals surface area contributed by atoms with Crippen molar-refractivity contribution in [1.29, 1.82) is 0 Å². The van der Waals surface area contributed by atoms with Crippen molar-refractivity contribution in [2.45, 2.75) is 26.4 Å². The van der Waals surface area contributed by atoms with E-state index in [0.29, 0.717) is 16.1 Å². The average molecular weight is 313 g/mol. The van der Waals surface area contributed by atoms with Crippen LogP contribution in [0.2, 0.25) is 5.02 Å². The number of carbonyl (C=O) groups is 1. The molecule has 0 atom stereocenters. The molecule has 0 saturated carbocycles. The molecule has 0 radical (unpaired) electrons. The molecule has 0 saturated heterocycles. The third kappa shape index (κ3) is 3.90. The maximum Gasteiger partial charge on any atom is 0.338 e. The zero-order valence-corrected chi connectivity index (χ0v) is 13.6. The molecule has 112 valence electrons. The highest BCUT2D eigenvalue weighted by Crippen LogP contribution is 2.26. The van der Waals surface area contributed by atoms with Gasteiger partial charge in [0.2, 0.25) is 0 Å². The summed E-state index contributed by atoms with van der Waals surface area (Å²) in [5.41, 5.74) is 2.58. The number of terminal acetylenes is 1. The highest BCUT2D eigenvalue weighted by atomic mass is 35.5. The van der Waals surface area contributed by atoms with Crippen LogP contribution in [0.25, 0.3) is 11.1 Å². The molecule has 0 aliphatic carbocycles. The van der Waals surface area contributed by atoms with Crippen molar-refractivity contribution >= 4 is 17.6 Å². The van der Waals surface area contributed by atoms with Gasteiger partial charge in [0.25, 0.3) is 0 Å². The van der Waals surface area contributed by atoms with Gasteiger partial charge in [-0.1, -0.05) is 35.7 Å². The Labute approximate surface area is 136 Å². The van der Waals surface area contributed by atoms with E-state index in [1.54, 1.807) is 18.2 Å². The second-order valence-corrected chi connectivity index (χ2v) is 6.33. The first-order valence-corrected chi connectivity index (χ1v) is 7.28. The number of rotatable bonds is 2. The van der Waals surface area contributed by atoms with Crippen molar-refractivity contribution in [2.75, 3.05) is 0 Å². The Bertz CT molecular complexity index is 732. The number of carbonyl (C=O) groups excluding carboxylic acids is 1. The van der Waals surface area contributed by atoms with Gasteiger partial charge < -0.3 is 4.74 Å². The normalized spacial score (nSPS) is 10.9. The van der Waals surface area contributed by atoms with Crippen molar-refractivity contribution in [3.05, 3.63) is 58.6 Å². The van der Waals surface area contributed by atoms with E-state index >= 15 is 0 Å². The summed E-state index contributed by atoms with van der Waals surface area (Å²) in [5, 5.41) is 0.538. The van der Waals surface area contributed by atoms with Gasteiger partial charge in [-0.25, -0.2) is 4.79 Å². The van der Waals surface area contributed by atoms with Gasteiger partial charge >= 0.3 is 5.97 Å². The molecular weight excluding hydrogens is 296 g/mol. The minimum absolute atomic E-state index is 0.334. The van der Waals surface area contributed by atoms with Crippen LogP contribution in [0.1, 0.15) is 36.7 Å². The molecule has 22 heavy (non-hydrogen) atoms. The van der Waals surface area contributed by atoms with Gasteiger partial charge in [0.05, 0.1) is 10.6 Å². The molecule has 2 aromatic carbocycles. The van der Waals surface area contributed by atoms with E-state index in [9.17, 15) is 4.79 Å². The van der Waals surface area contributed by atoms with Crippen LogP contribution < -0.4 is 0 Å². The van der Waals surface area contributed by atoms with Gasteiger partial charge in [0.1, 0.15) is 5.60 Å². The van der Waals surface area contributed by atoms with E-state index < -0.39 is 5.60 Å². The van der Waals surface area contributed by atoms with Crippen LogP contribution in [0.3, 0.4) is 0 Å². The standard InChI is InChI=1S/C19H17ClO2/c1-5-13-6-11-16(12-17(13)20)14-7-9-15(10-8-14)18(21)22-19(2,3)4/h1,6-12H,2-4H3. The molecule has 3 heteroatoms. The zero-order chi connectivity index (χ0) is 16.3. The second kappa shape index (κ2) is 6.25. The number of benzene rings is 2. The monoisotopic (exact) mass is 312 g/mol. The smallest absolute Gasteiger partial charge is 0.338 e. The summed E-state index contributed by atoms with van der Waals surface area (Å²) in [4.78, 5) is 12.0. The molecule has 0 fully saturated rings. The second-order valence-electron chi connectivity index (χ2n) is 5.92. The number of halogens is 1. The van der Waals surface area contributed by atoms with Crippen LogP contribution in [0.15, 0.2) is 42.5 Å². The highest BCUT2D eigenvalue weighted by Gasteiger charge is 2.17. The molecule has 2 aromatic rings. The van der Waals surface area contributed by atoms with Crippen LogP contribution >= 0.6 is 11.6 Å². The fourth-order valence-corrected chi connectivity index (χ4v) is 2.18. The molecule has 0 spiro atoms. The Morgan fingerprint density at radius 3 is 2.18 bits per heavy atom. The fourth-order valence-electron chi connectivity index (χ4n) is 1.95. The lowest BCUT2D eigenvalue weighted by atomic mass is 10.0. The number of ether oxygens (including phenoxy) is 1. The number of hydrogen-bond donors (Lipinski definition) is 0. The third-order valence-corrected chi connectivity index (χ3v) is 3.29. The Hall–Kier alpha value is -2.24. The van der Waals surface area contributed by atoms with Crippen molar-refractivity contribution < 1.29 is 9.53 Å². The maximum absolute atomic E-state index is 12.0. The van der Waals surface area contributed by atoms with E-state index in [4.69, 9.17) is 22.8 Å². The van der Waals surface area contributed by atoms with Crippen LogP contribution in [0.5, 0.6) is 0 Å². The lowest BCUT2D eigenvalue weighted by Gasteiger charge is -2.19. The van der Waals surface area contributed by atoms with E-state index in [-0.39, 0.29) is 5.97 Å². The van der Waals surface area contributed by atoms with E-state index in [2.05, 4.69) is 5.92 Å². The van der Waals surface area contributed by atoms with Gasteiger partial charge in [0.15, 0.2) is 0 Å². The third-order valence-electron chi connectivity index (χ3n) is 2.98. The Morgan fingerprint density at radius 1 is 1.09 bits per heavy atom. The van der Waals surface area contributed by atoms with Gasteiger partial charge in [-0.15, -0.1) is 6.42 Å². The van der Waals surface area contributed by atoms with Crippen LogP contribution in [-0.2, 0) is 4.74 Å². The average Bonchev–Trinajstić information content (AvgIpc) is 2.45. The van der Waals surface area contributed by atoms with E-state index in [0.717, 1.165) is 11.1 Å². The Balaban J connectivity index is 2.24. The van der Waals surface area contributed by atoms with E-state index in [1.807, 2.05) is 45.0 Å². The Morgan fingerprint density at radius 2 is 1.68 bits per heavy atom. The van der Waals surface area contributed by atoms with Gasteiger partial charge in [-0.3, -0.25) is 0 Å². The molecule has 0 aliphatic heterocycles. The topological polar surface area (TPSA) is 26.3 Å². The van der Waals surface area contributed by atoms with Gasteiger partial charge in [0, 0.05) is 5.56 Å². The summed E-state index contributed by atoms with van der Waals surface area (Å²) in [7, 11) is 0. The summed E-state index contributed by atoms with van der Waals surface area (Å²) in [5.74, 6) is 2.19.